The Morgan fingerprint density at radius 2 is 1.45 bits per heavy atom. The van der Waals surface area contributed by atoms with Crippen LogP contribution in [-0.4, -0.2) is 16.1 Å². The van der Waals surface area contributed by atoms with Crippen molar-refractivity contribution in [3.63, 3.8) is 0 Å². The molecular weight excluding hydrogens is 410 g/mol. The second kappa shape index (κ2) is 7.40. The molecule has 1 atom stereocenters. The van der Waals surface area contributed by atoms with Gasteiger partial charge in [-0.05, 0) is 73.2 Å². The first-order valence-electron chi connectivity index (χ1n) is 10.6. The summed E-state index contributed by atoms with van der Waals surface area (Å²) in [7, 11) is 0. The fourth-order valence-electron chi connectivity index (χ4n) is 5.28. The number of rotatable bonds is 3. The maximum atomic E-state index is 13.6. The number of aliphatic hydroxyl groups is 1. The number of amides is 1. The molecule has 1 aliphatic heterocycles. The average molecular weight is 434 g/mol. The van der Waals surface area contributed by atoms with E-state index in [1.54, 1.807) is 24.3 Å². The minimum atomic E-state index is -0.956. The molecule has 2 N–H and O–H groups in total. The number of halogens is 1. The molecule has 1 spiro atoms. The Morgan fingerprint density at radius 3 is 2.06 bits per heavy atom. The summed E-state index contributed by atoms with van der Waals surface area (Å²) in [6.45, 7) is 0. The highest BCUT2D eigenvalue weighted by molar-refractivity contribution is 6.30. The zero-order valence-electron chi connectivity index (χ0n) is 17.0. The van der Waals surface area contributed by atoms with Gasteiger partial charge in [-0.1, -0.05) is 54.1 Å². The van der Waals surface area contributed by atoms with Crippen molar-refractivity contribution >= 4 is 23.2 Å². The Bertz CT molecular complexity index is 1090. The van der Waals surface area contributed by atoms with Crippen LogP contribution >= 0.6 is 11.6 Å². The lowest BCUT2D eigenvalue weighted by Crippen LogP contribution is -2.65. The maximum Gasteiger partial charge on any atom is 0.236 e. The van der Waals surface area contributed by atoms with Gasteiger partial charge in [0.2, 0.25) is 5.91 Å². The molecule has 3 aromatic carbocycles. The molecule has 5 heteroatoms. The van der Waals surface area contributed by atoms with Crippen LogP contribution in [0, 0.1) is 5.41 Å². The average Bonchev–Trinajstić information content (AvgIpc) is 2.79. The highest BCUT2D eigenvalue weighted by Gasteiger charge is 2.63. The topological polar surface area (TPSA) is 60.8 Å². The highest BCUT2D eigenvalue weighted by atomic mass is 35.5. The summed E-state index contributed by atoms with van der Waals surface area (Å²) in [6, 6.07) is 24.0. The van der Waals surface area contributed by atoms with E-state index in [0.29, 0.717) is 30.7 Å². The number of anilines is 1. The number of para-hydroxylation sites is 1. The first-order chi connectivity index (χ1) is 14.9. The number of hydrogen-bond donors (Lipinski definition) is 2. The van der Waals surface area contributed by atoms with Gasteiger partial charge in [0, 0.05) is 10.7 Å². The quantitative estimate of drug-likeness (QED) is 0.530. The highest BCUT2D eigenvalue weighted by Crippen LogP contribution is 2.61. The molecule has 1 aliphatic carbocycles. The molecule has 1 unspecified atom stereocenters. The molecule has 2 aliphatic rings. The molecule has 1 saturated carbocycles. The molecular formula is C26H24ClNO3. The van der Waals surface area contributed by atoms with Gasteiger partial charge in [-0.25, -0.2) is 0 Å². The number of β-lactam (4-membered cyclic amide) rings is 1. The Hall–Kier alpha value is -2.82. The number of benzene rings is 3. The summed E-state index contributed by atoms with van der Waals surface area (Å²) in [6.07, 6.45) is 2.22. The molecule has 5 rings (SSSR count). The third kappa shape index (κ3) is 3.22. The zero-order chi connectivity index (χ0) is 21.6. The molecule has 1 amide bonds. The van der Waals surface area contributed by atoms with Gasteiger partial charge in [0.1, 0.15) is 5.75 Å². The van der Waals surface area contributed by atoms with Crippen molar-refractivity contribution in [2.45, 2.75) is 37.3 Å². The van der Waals surface area contributed by atoms with Crippen molar-refractivity contribution in [1.82, 2.24) is 0 Å². The van der Waals surface area contributed by atoms with Crippen LogP contribution in [0.25, 0.3) is 0 Å². The van der Waals surface area contributed by atoms with Crippen molar-refractivity contribution in [2.75, 3.05) is 4.90 Å². The first-order valence-corrected chi connectivity index (χ1v) is 11.0. The Balaban J connectivity index is 1.48. The van der Waals surface area contributed by atoms with Crippen LogP contribution in [0.5, 0.6) is 5.75 Å². The fraction of sp³-hybridized carbons (Fsp3) is 0.269. The first kappa shape index (κ1) is 20.1. The molecule has 0 aromatic heterocycles. The van der Waals surface area contributed by atoms with Crippen molar-refractivity contribution in [2.24, 2.45) is 5.41 Å². The third-order valence-corrected chi connectivity index (χ3v) is 7.27. The van der Waals surface area contributed by atoms with Crippen LogP contribution in [0.2, 0.25) is 5.02 Å². The monoisotopic (exact) mass is 433 g/mol. The molecule has 1 heterocycles. The summed E-state index contributed by atoms with van der Waals surface area (Å²) in [5.41, 5.74) is 1.21. The van der Waals surface area contributed by atoms with E-state index in [2.05, 4.69) is 0 Å². The second-order valence-corrected chi connectivity index (χ2v) is 9.14. The van der Waals surface area contributed by atoms with Crippen molar-refractivity contribution in [3.05, 3.63) is 95.0 Å². The standard InChI is InChI=1S/C26H24ClNO3/c27-20-10-8-19(9-11-20)26(31)16-14-25(15-17-26)23(18-6-12-22(29)13-7-18)28(24(25)30)21-4-2-1-3-5-21/h1-13,23,29,31H,14-17H2. The van der Waals surface area contributed by atoms with Gasteiger partial charge >= 0.3 is 0 Å². The maximum absolute atomic E-state index is 13.6. The number of hydrogen-bond acceptors (Lipinski definition) is 3. The Labute approximate surface area is 186 Å². The normalized spacial score (nSPS) is 27.9. The Kier molecular flexibility index (Phi) is 4.80. The van der Waals surface area contributed by atoms with Crippen LogP contribution in [-0.2, 0) is 10.4 Å². The minimum absolute atomic E-state index is 0.106. The lowest BCUT2D eigenvalue weighted by molar-refractivity contribution is -0.149. The number of phenols is 1. The van der Waals surface area contributed by atoms with Crippen LogP contribution in [0.1, 0.15) is 42.9 Å². The molecule has 158 valence electrons. The summed E-state index contributed by atoms with van der Waals surface area (Å²) in [5, 5.41) is 21.7. The molecule has 0 radical (unpaired) electrons. The summed E-state index contributed by atoms with van der Waals surface area (Å²) >= 11 is 6.01. The van der Waals surface area contributed by atoms with E-state index < -0.39 is 11.0 Å². The van der Waals surface area contributed by atoms with E-state index in [1.165, 1.54) is 0 Å². The van der Waals surface area contributed by atoms with E-state index in [1.807, 2.05) is 59.5 Å². The fourth-order valence-corrected chi connectivity index (χ4v) is 5.41. The van der Waals surface area contributed by atoms with Gasteiger partial charge in [-0.3, -0.25) is 4.79 Å². The minimum Gasteiger partial charge on any atom is -0.508 e. The lowest BCUT2D eigenvalue weighted by Gasteiger charge is -2.59. The van der Waals surface area contributed by atoms with E-state index in [4.69, 9.17) is 11.6 Å². The third-order valence-electron chi connectivity index (χ3n) is 7.02. The van der Waals surface area contributed by atoms with Crippen LogP contribution < -0.4 is 4.90 Å². The molecule has 2 fully saturated rings. The Morgan fingerprint density at radius 1 is 0.839 bits per heavy atom. The van der Waals surface area contributed by atoms with E-state index in [0.717, 1.165) is 16.8 Å². The summed E-state index contributed by atoms with van der Waals surface area (Å²) in [5.74, 6) is 0.311. The number of carbonyl (C=O) groups is 1. The van der Waals surface area contributed by atoms with E-state index in [9.17, 15) is 15.0 Å². The predicted octanol–water partition coefficient (Wildman–Crippen LogP) is 5.58. The van der Waals surface area contributed by atoms with Gasteiger partial charge in [0.25, 0.3) is 0 Å². The number of aromatic hydroxyl groups is 1. The van der Waals surface area contributed by atoms with Crippen LogP contribution in [0.3, 0.4) is 0 Å². The van der Waals surface area contributed by atoms with Crippen LogP contribution in [0.15, 0.2) is 78.9 Å². The molecule has 4 nitrogen and oxygen atoms in total. The van der Waals surface area contributed by atoms with Crippen molar-refractivity contribution < 1.29 is 15.0 Å². The van der Waals surface area contributed by atoms with Gasteiger partial charge < -0.3 is 15.1 Å². The van der Waals surface area contributed by atoms with Gasteiger partial charge in [-0.15, -0.1) is 0 Å². The second-order valence-electron chi connectivity index (χ2n) is 8.70. The predicted molar refractivity (Wildman–Crippen MR) is 121 cm³/mol. The van der Waals surface area contributed by atoms with Crippen LogP contribution in [0.4, 0.5) is 5.69 Å². The largest absolute Gasteiger partial charge is 0.508 e. The summed E-state index contributed by atoms with van der Waals surface area (Å²) in [4.78, 5) is 15.4. The number of nitrogens with zero attached hydrogens (tertiary/aromatic N) is 1. The smallest absolute Gasteiger partial charge is 0.236 e. The van der Waals surface area contributed by atoms with Gasteiger partial charge in [0.15, 0.2) is 0 Å². The summed E-state index contributed by atoms with van der Waals surface area (Å²) < 4.78 is 0. The molecule has 0 bridgehead atoms. The number of phenolic OH excluding ortho intramolecular Hbond substituents is 1. The van der Waals surface area contributed by atoms with Gasteiger partial charge in [0.05, 0.1) is 17.1 Å². The number of carbonyl (C=O) groups excluding carboxylic acids is 1. The van der Waals surface area contributed by atoms with Crippen molar-refractivity contribution in [3.8, 4) is 5.75 Å². The lowest BCUT2D eigenvalue weighted by atomic mass is 9.56. The molecule has 3 aromatic rings. The zero-order valence-corrected chi connectivity index (χ0v) is 17.8. The van der Waals surface area contributed by atoms with E-state index >= 15 is 0 Å². The SMILES string of the molecule is O=C1N(c2ccccc2)C(c2ccc(O)cc2)C12CCC(O)(c1ccc(Cl)cc1)CC2. The van der Waals surface area contributed by atoms with Crippen molar-refractivity contribution in [1.29, 1.82) is 0 Å². The molecule has 1 saturated heterocycles. The van der Waals surface area contributed by atoms with Gasteiger partial charge in [-0.2, -0.15) is 0 Å². The van der Waals surface area contributed by atoms with E-state index in [-0.39, 0.29) is 17.7 Å². The molecule has 31 heavy (non-hydrogen) atoms.